The van der Waals surface area contributed by atoms with Crippen LogP contribution in [0.15, 0.2) is 6.07 Å². The molecule has 0 unspecified atom stereocenters. The van der Waals surface area contributed by atoms with Crippen LogP contribution in [0.4, 0.5) is 5.82 Å². The Labute approximate surface area is 103 Å². The van der Waals surface area contributed by atoms with Crippen LogP contribution in [0.1, 0.15) is 50.4 Å². The van der Waals surface area contributed by atoms with E-state index >= 15 is 0 Å². The minimum atomic E-state index is 0.145. The zero-order chi connectivity index (χ0) is 12.5. The fraction of sp³-hybridized carbons (Fsp3) is 0.571. The zero-order valence-electron chi connectivity index (χ0n) is 10.8. The first-order valence-corrected chi connectivity index (χ1v) is 6.27. The van der Waals surface area contributed by atoms with Crippen LogP contribution < -0.4 is 5.32 Å². The summed E-state index contributed by atoms with van der Waals surface area (Å²) >= 11 is 0. The highest BCUT2D eigenvalue weighted by Crippen LogP contribution is 2.38. The summed E-state index contributed by atoms with van der Waals surface area (Å²) in [6.45, 7) is 7.42. The highest BCUT2D eigenvalue weighted by atomic mass is 15.0. The van der Waals surface area contributed by atoms with E-state index in [1.165, 1.54) is 5.56 Å². The molecule has 0 aromatic carbocycles. The summed E-state index contributed by atoms with van der Waals surface area (Å²) in [4.78, 5) is 4.68. The molecule has 1 heterocycles. The van der Waals surface area contributed by atoms with E-state index < -0.39 is 0 Å². The number of nitrogens with one attached hydrogen (secondary N) is 1. The molecule has 1 aromatic rings. The quantitative estimate of drug-likeness (QED) is 0.866. The molecule has 0 bridgehead atoms. The summed E-state index contributed by atoms with van der Waals surface area (Å²) in [6, 6.07) is 4.25. The molecule has 0 saturated heterocycles. The van der Waals surface area contributed by atoms with Gasteiger partial charge in [0.05, 0.1) is 11.3 Å². The third-order valence-electron chi connectivity index (χ3n) is 3.42. The number of rotatable bonds is 3. The van der Waals surface area contributed by atoms with Crippen molar-refractivity contribution in [2.45, 2.75) is 45.4 Å². The molecule has 0 saturated carbocycles. The molecular weight excluding hydrogens is 210 g/mol. The summed E-state index contributed by atoms with van der Waals surface area (Å²) in [5.41, 5.74) is 3.23. The Kier molecular flexibility index (Phi) is 3.06. The molecule has 0 aliphatic heterocycles. The van der Waals surface area contributed by atoms with Crippen LogP contribution in [0, 0.1) is 11.3 Å². The number of aryl methyl sites for hydroxylation is 1. The van der Waals surface area contributed by atoms with E-state index in [9.17, 15) is 0 Å². The van der Waals surface area contributed by atoms with Crippen molar-refractivity contribution in [1.29, 1.82) is 5.26 Å². The summed E-state index contributed by atoms with van der Waals surface area (Å²) in [5.74, 6) is 0.753. The molecule has 1 aliphatic carbocycles. The van der Waals surface area contributed by atoms with Crippen molar-refractivity contribution in [3.63, 3.8) is 0 Å². The lowest BCUT2D eigenvalue weighted by Gasteiger charge is -2.19. The Morgan fingerprint density at radius 2 is 2.29 bits per heavy atom. The van der Waals surface area contributed by atoms with Gasteiger partial charge in [-0.2, -0.15) is 5.26 Å². The molecule has 3 nitrogen and oxygen atoms in total. The van der Waals surface area contributed by atoms with Crippen LogP contribution in [-0.2, 0) is 11.8 Å². The summed E-state index contributed by atoms with van der Waals surface area (Å²) < 4.78 is 0. The van der Waals surface area contributed by atoms with Gasteiger partial charge in [0.2, 0.25) is 0 Å². The predicted octanol–water partition coefficient (Wildman–Crippen LogP) is 3.00. The van der Waals surface area contributed by atoms with Gasteiger partial charge >= 0.3 is 0 Å². The van der Waals surface area contributed by atoms with Gasteiger partial charge in [-0.3, -0.25) is 0 Å². The number of aromatic nitrogens is 1. The molecule has 0 fully saturated rings. The van der Waals surface area contributed by atoms with Crippen molar-refractivity contribution >= 4 is 5.82 Å². The summed E-state index contributed by atoms with van der Waals surface area (Å²) in [6.07, 6.45) is 3.20. The monoisotopic (exact) mass is 229 g/mol. The van der Waals surface area contributed by atoms with Crippen molar-refractivity contribution in [2.75, 3.05) is 11.9 Å². The minimum absolute atomic E-state index is 0.145. The summed E-state index contributed by atoms with van der Waals surface area (Å²) in [5, 5.41) is 12.4. The first-order valence-electron chi connectivity index (χ1n) is 6.27. The van der Waals surface area contributed by atoms with Gasteiger partial charge in [-0.1, -0.05) is 20.8 Å². The smallest absolute Gasteiger partial charge is 0.144 e. The van der Waals surface area contributed by atoms with E-state index in [2.05, 4.69) is 37.1 Å². The van der Waals surface area contributed by atoms with Gasteiger partial charge in [-0.15, -0.1) is 0 Å². The van der Waals surface area contributed by atoms with Crippen molar-refractivity contribution < 1.29 is 0 Å². The lowest BCUT2D eigenvalue weighted by atomic mass is 9.90. The van der Waals surface area contributed by atoms with Gasteiger partial charge in [-0.25, -0.2) is 4.98 Å². The van der Waals surface area contributed by atoms with Crippen molar-refractivity contribution in [2.24, 2.45) is 0 Å². The molecule has 1 aromatic heterocycles. The van der Waals surface area contributed by atoms with Crippen LogP contribution >= 0.6 is 0 Å². The molecule has 1 aliphatic rings. The third kappa shape index (κ3) is 2.12. The Hall–Kier alpha value is -1.56. The molecule has 1 N–H and O–H groups in total. The standard InChI is InChI=1S/C14H19N3/c1-4-7-16-13-11(9-15)8-10-5-6-14(2,3)12(10)17-13/h8H,4-7H2,1-3H3,(H,16,17). The lowest BCUT2D eigenvalue weighted by molar-refractivity contribution is 0.510. The number of hydrogen-bond acceptors (Lipinski definition) is 3. The molecular formula is C14H19N3. The number of hydrogen-bond donors (Lipinski definition) is 1. The fourth-order valence-corrected chi connectivity index (χ4v) is 2.36. The molecule has 0 atom stereocenters. The first kappa shape index (κ1) is 11.9. The lowest BCUT2D eigenvalue weighted by Crippen LogP contribution is -2.16. The Morgan fingerprint density at radius 1 is 1.53 bits per heavy atom. The minimum Gasteiger partial charge on any atom is -0.369 e. The largest absolute Gasteiger partial charge is 0.369 e. The second kappa shape index (κ2) is 4.37. The number of nitriles is 1. The van der Waals surface area contributed by atoms with Gasteiger partial charge in [0, 0.05) is 12.0 Å². The van der Waals surface area contributed by atoms with E-state index in [1.807, 2.05) is 6.07 Å². The van der Waals surface area contributed by atoms with Crippen LogP contribution in [0.3, 0.4) is 0 Å². The highest BCUT2D eigenvalue weighted by molar-refractivity contribution is 5.56. The van der Waals surface area contributed by atoms with E-state index in [0.29, 0.717) is 5.56 Å². The van der Waals surface area contributed by atoms with E-state index in [1.54, 1.807) is 0 Å². The molecule has 90 valence electrons. The first-order chi connectivity index (χ1) is 8.08. The average Bonchev–Trinajstić information content (AvgIpc) is 2.61. The second-order valence-electron chi connectivity index (χ2n) is 5.31. The molecule has 0 amide bonds. The van der Waals surface area contributed by atoms with Gasteiger partial charge in [0.25, 0.3) is 0 Å². The topological polar surface area (TPSA) is 48.7 Å². The number of nitrogens with zero attached hydrogens (tertiary/aromatic N) is 2. The predicted molar refractivity (Wildman–Crippen MR) is 69.1 cm³/mol. The third-order valence-corrected chi connectivity index (χ3v) is 3.42. The maximum Gasteiger partial charge on any atom is 0.144 e. The molecule has 0 spiro atoms. The Balaban J connectivity index is 2.43. The number of anilines is 1. The van der Waals surface area contributed by atoms with E-state index in [0.717, 1.165) is 37.3 Å². The summed E-state index contributed by atoms with van der Waals surface area (Å²) in [7, 11) is 0. The molecule has 17 heavy (non-hydrogen) atoms. The fourth-order valence-electron chi connectivity index (χ4n) is 2.36. The molecule has 3 heteroatoms. The van der Waals surface area contributed by atoms with Gasteiger partial charge in [-0.05, 0) is 30.9 Å². The van der Waals surface area contributed by atoms with E-state index in [-0.39, 0.29) is 5.41 Å². The normalized spacial score (nSPS) is 16.4. The van der Waals surface area contributed by atoms with Gasteiger partial charge < -0.3 is 5.32 Å². The maximum absolute atomic E-state index is 9.15. The van der Waals surface area contributed by atoms with E-state index in [4.69, 9.17) is 5.26 Å². The molecule has 0 radical (unpaired) electrons. The average molecular weight is 229 g/mol. The van der Waals surface area contributed by atoms with Crippen molar-refractivity contribution in [3.8, 4) is 6.07 Å². The van der Waals surface area contributed by atoms with Crippen LogP contribution in [0.5, 0.6) is 0 Å². The zero-order valence-corrected chi connectivity index (χ0v) is 10.8. The van der Waals surface area contributed by atoms with Crippen LogP contribution in [-0.4, -0.2) is 11.5 Å². The van der Waals surface area contributed by atoms with Crippen molar-refractivity contribution in [3.05, 3.63) is 22.9 Å². The Bertz CT molecular complexity index is 469. The highest BCUT2D eigenvalue weighted by Gasteiger charge is 2.32. The molecule has 2 rings (SSSR count). The number of pyridine rings is 1. The van der Waals surface area contributed by atoms with Gasteiger partial charge in [0.1, 0.15) is 11.9 Å². The second-order valence-corrected chi connectivity index (χ2v) is 5.31. The SMILES string of the molecule is CCCNc1nc2c(cc1C#N)CCC2(C)C. The van der Waals surface area contributed by atoms with Crippen LogP contribution in [0.2, 0.25) is 0 Å². The Morgan fingerprint density at radius 3 is 2.94 bits per heavy atom. The van der Waals surface area contributed by atoms with Crippen molar-refractivity contribution in [1.82, 2.24) is 4.98 Å². The maximum atomic E-state index is 9.15. The van der Waals surface area contributed by atoms with Gasteiger partial charge in [0.15, 0.2) is 0 Å². The van der Waals surface area contributed by atoms with Crippen LogP contribution in [0.25, 0.3) is 0 Å². The number of fused-ring (bicyclic) bond motifs is 1.